The summed E-state index contributed by atoms with van der Waals surface area (Å²) in [6, 6.07) is 8.19. The lowest BCUT2D eigenvalue weighted by atomic mass is 9.83. The van der Waals surface area contributed by atoms with E-state index in [4.69, 9.17) is 9.72 Å². The average molecular weight is 446 g/mol. The van der Waals surface area contributed by atoms with Crippen LogP contribution in [-0.2, 0) is 10.5 Å². The standard InChI is InChI=1S/C25H29N6O2/c1-3-33-23-9-5-4-7-21(23)22-8-6-16-31(22,24-26-12-13-27-24)25(30-28-14-15-29-30)17-19(2)10-11-20(25)18-32/h4-5,7,9-15,18,22H,3,6,8,16-17H2,1-2H3,(H,26,27)/q+1/t22-,25?,31?/m0/s1. The Hall–Kier alpha value is -3.52. The molecule has 1 N–H and O–H groups in total. The molecule has 0 saturated carbocycles. The van der Waals surface area contributed by atoms with E-state index in [0.717, 1.165) is 48.5 Å². The topological polar surface area (TPSA) is 85.7 Å². The first-order valence-corrected chi connectivity index (χ1v) is 11.5. The van der Waals surface area contributed by atoms with Crippen molar-refractivity contribution in [2.24, 2.45) is 0 Å². The molecular formula is C25H29N6O2+. The highest BCUT2D eigenvalue weighted by Gasteiger charge is 2.66. The van der Waals surface area contributed by atoms with Gasteiger partial charge in [0.05, 0.1) is 49.3 Å². The second kappa shape index (κ2) is 8.44. The molecule has 1 fully saturated rings. The molecule has 2 aliphatic rings. The zero-order valence-electron chi connectivity index (χ0n) is 19.0. The van der Waals surface area contributed by atoms with E-state index in [0.29, 0.717) is 23.1 Å². The predicted octanol–water partition coefficient (Wildman–Crippen LogP) is 4.07. The lowest BCUT2D eigenvalue weighted by Crippen LogP contribution is -2.68. The van der Waals surface area contributed by atoms with Crippen LogP contribution in [-0.4, -0.2) is 44.4 Å². The molecule has 8 heteroatoms. The Kier molecular flexibility index (Phi) is 5.46. The van der Waals surface area contributed by atoms with Crippen molar-refractivity contribution < 1.29 is 9.53 Å². The third-order valence-electron chi connectivity index (χ3n) is 7.03. The van der Waals surface area contributed by atoms with Gasteiger partial charge in [-0.05, 0) is 32.1 Å². The number of quaternary nitrogens is 1. The van der Waals surface area contributed by atoms with Gasteiger partial charge in [-0.3, -0.25) is 9.78 Å². The molecule has 0 radical (unpaired) electrons. The zero-order valence-corrected chi connectivity index (χ0v) is 19.0. The predicted molar refractivity (Wildman–Crippen MR) is 125 cm³/mol. The van der Waals surface area contributed by atoms with Crippen molar-refractivity contribution in [2.45, 2.75) is 44.8 Å². The molecule has 3 aromatic rings. The number of nitrogens with zero attached hydrogens (tertiary/aromatic N) is 5. The molecule has 5 rings (SSSR count). The number of hydrogen-bond acceptors (Lipinski definition) is 5. The number of para-hydroxylation sites is 1. The van der Waals surface area contributed by atoms with Gasteiger partial charge in [-0.25, -0.2) is 4.48 Å². The number of benzene rings is 1. The second-order valence-corrected chi connectivity index (χ2v) is 8.70. The van der Waals surface area contributed by atoms with Gasteiger partial charge >= 0.3 is 5.95 Å². The summed E-state index contributed by atoms with van der Waals surface area (Å²) in [6.07, 6.45) is 14.3. The molecule has 1 aromatic carbocycles. The smallest absolute Gasteiger partial charge is 0.309 e. The number of carbonyl (C=O) groups is 1. The van der Waals surface area contributed by atoms with Crippen LogP contribution in [0.2, 0.25) is 0 Å². The Morgan fingerprint density at radius 3 is 2.79 bits per heavy atom. The first kappa shape index (κ1) is 21.3. The molecule has 3 heterocycles. The highest BCUT2D eigenvalue weighted by molar-refractivity contribution is 5.79. The highest BCUT2D eigenvalue weighted by Crippen LogP contribution is 2.56. The molecule has 2 unspecified atom stereocenters. The number of aldehydes is 1. The van der Waals surface area contributed by atoms with Crippen molar-refractivity contribution in [3.05, 3.63) is 77.9 Å². The van der Waals surface area contributed by atoms with E-state index in [1.807, 2.05) is 43.5 Å². The number of rotatable bonds is 7. The first-order valence-electron chi connectivity index (χ1n) is 11.5. The number of nitrogens with one attached hydrogen (secondary N) is 1. The number of aromatic amines is 1. The number of H-pyrrole nitrogens is 1. The first-order chi connectivity index (χ1) is 16.2. The monoisotopic (exact) mass is 445 g/mol. The van der Waals surface area contributed by atoms with Crippen LogP contribution in [0, 0.1) is 0 Å². The van der Waals surface area contributed by atoms with Crippen molar-refractivity contribution in [2.75, 3.05) is 13.2 Å². The summed E-state index contributed by atoms with van der Waals surface area (Å²) in [5, 5.41) is 9.24. The molecule has 1 aliphatic carbocycles. The van der Waals surface area contributed by atoms with Gasteiger partial charge in [-0.2, -0.15) is 15.2 Å². The fourth-order valence-corrected chi connectivity index (χ4v) is 5.87. The lowest BCUT2D eigenvalue weighted by Gasteiger charge is -2.52. The molecule has 0 spiro atoms. The van der Waals surface area contributed by atoms with Crippen LogP contribution in [0.25, 0.3) is 0 Å². The molecule has 0 amide bonds. The molecule has 1 aliphatic heterocycles. The van der Waals surface area contributed by atoms with Gasteiger partial charge in [-0.15, -0.1) is 4.80 Å². The fraction of sp³-hybridized carbons (Fsp3) is 0.360. The Morgan fingerprint density at radius 2 is 2.06 bits per heavy atom. The average Bonchev–Trinajstić information content (AvgIpc) is 3.61. The van der Waals surface area contributed by atoms with Crippen LogP contribution in [0.15, 0.2) is 72.4 Å². The highest BCUT2D eigenvalue weighted by atomic mass is 16.5. The van der Waals surface area contributed by atoms with Gasteiger partial charge in [-0.1, -0.05) is 23.8 Å². The third kappa shape index (κ3) is 3.08. The summed E-state index contributed by atoms with van der Waals surface area (Å²) in [5.74, 6) is 1.66. The van der Waals surface area contributed by atoms with Gasteiger partial charge in [0, 0.05) is 19.0 Å². The minimum Gasteiger partial charge on any atom is -0.493 e. The zero-order chi connectivity index (χ0) is 22.9. The van der Waals surface area contributed by atoms with E-state index in [2.05, 4.69) is 28.2 Å². The number of aromatic nitrogens is 5. The maximum atomic E-state index is 12.6. The summed E-state index contributed by atoms with van der Waals surface area (Å²) in [4.78, 5) is 22.6. The molecule has 8 nitrogen and oxygen atoms in total. The van der Waals surface area contributed by atoms with Crippen molar-refractivity contribution in [3.8, 4) is 5.75 Å². The molecular weight excluding hydrogens is 416 g/mol. The number of imidazole rings is 1. The quantitative estimate of drug-likeness (QED) is 0.438. The van der Waals surface area contributed by atoms with Gasteiger partial charge in [0.25, 0.3) is 5.66 Å². The van der Waals surface area contributed by atoms with Crippen LogP contribution >= 0.6 is 0 Å². The van der Waals surface area contributed by atoms with Crippen molar-refractivity contribution in [1.29, 1.82) is 0 Å². The summed E-state index contributed by atoms with van der Waals surface area (Å²) >= 11 is 0. The summed E-state index contributed by atoms with van der Waals surface area (Å²) in [6.45, 7) is 5.45. The van der Waals surface area contributed by atoms with Crippen LogP contribution < -0.4 is 9.22 Å². The largest absolute Gasteiger partial charge is 0.493 e. The molecule has 3 atom stereocenters. The van der Waals surface area contributed by atoms with E-state index in [-0.39, 0.29) is 6.04 Å². The second-order valence-electron chi connectivity index (χ2n) is 8.70. The molecule has 2 aromatic heterocycles. The van der Waals surface area contributed by atoms with Crippen molar-refractivity contribution in [1.82, 2.24) is 29.4 Å². The van der Waals surface area contributed by atoms with Crippen molar-refractivity contribution >= 4 is 12.2 Å². The van der Waals surface area contributed by atoms with Gasteiger partial charge in [0.15, 0.2) is 6.29 Å². The maximum absolute atomic E-state index is 12.6. The third-order valence-corrected chi connectivity index (χ3v) is 7.03. The van der Waals surface area contributed by atoms with Crippen LogP contribution in [0.1, 0.15) is 44.7 Å². The minimum atomic E-state index is -0.886. The van der Waals surface area contributed by atoms with E-state index < -0.39 is 5.66 Å². The minimum absolute atomic E-state index is 0.0147. The Morgan fingerprint density at radius 1 is 1.24 bits per heavy atom. The molecule has 0 bridgehead atoms. The number of allylic oxidation sites excluding steroid dienone is 2. The normalized spacial score (nSPS) is 27.2. The lowest BCUT2D eigenvalue weighted by molar-refractivity contribution is -0.108. The van der Waals surface area contributed by atoms with Gasteiger partial charge < -0.3 is 4.74 Å². The summed E-state index contributed by atoms with van der Waals surface area (Å²) in [5.41, 5.74) is 2.02. The van der Waals surface area contributed by atoms with E-state index in [1.165, 1.54) is 0 Å². The van der Waals surface area contributed by atoms with Crippen LogP contribution in [0.4, 0.5) is 5.95 Å². The maximum Gasteiger partial charge on any atom is 0.309 e. The van der Waals surface area contributed by atoms with Crippen LogP contribution in [0.5, 0.6) is 5.75 Å². The Balaban J connectivity index is 1.84. The fourth-order valence-electron chi connectivity index (χ4n) is 5.87. The van der Waals surface area contributed by atoms with E-state index >= 15 is 0 Å². The Labute approximate surface area is 193 Å². The van der Waals surface area contributed by atoms with Gasteiger partial charge in [0.2, 0.25) is 0 Å². The number of likely N-dealkylation sites (tertiary alicyclic amines) is 1. The number of carbonyl (C=O) groups excluding carboxylic acids is 1. The molecule has 1 saturated heterocycles. The summed E-state index contributed by atoms with van der Waals surface area (Å²) in [7, 11) is 0. The number of ether oxygens (including phenoxy) is 1. The SMILES string of the molecule is CCOc1ccccc1[C@@H]1CCC[N+]1(c1ncc[nH]1)C1(n2nccn2)CC(C)=CC=C1C=O. The Bertz CT molecular complexity index is 1180. The molecule has 170 valence electrons. The van der Waals surface area contributed by atoms with E-state index in [1.54, 1.807) is 23.4 Å². The van der Waals surface area contributed by atoms with Gasteiger partial charge in [0.1, 0.15) is 11.8 Å². The van der Waals surface area contributed by atoms with E-state index in [9.17, 15) is 4.79 Å². The van der Waals surface area contributed by atoms with Crippen LogP contribution in [0.3, 0.4) is 0 Å². The van der Waals surface area contributed by atoms with Crippen molar-refractivity contribution in [3.63, 3.8) is 0 Å². The number of hydrogen-bond donors (Lipinski definition) is 1. The molecule has 33 heavy (non-hydrogen) atoms. The summed E-state index contributed by atoms with van der Waals surface area (Å²) < 4.78 is 6.45.